The molecule has 0 aromatic heterocycles. The number of aliphatic carboxylic acids is 1. The number of amides is 1. The average Bonchev–Trinajstić information content (AvgIpc) is 3.18. The van der Waals surface area contributed by atoms with Crippen molar-refractivity contribution in [2.75, 3.05) is 170 Å². The number of carboxylic acids is 1. The first-order valence-electron chi connectivity index (χ1n) is 18.9. The van der Waals surface area contributed by atoms with Crippen LogP contribution in [0.1, 0.15) is 30.1 Å². The second-order valence-electron chi connectivity index (χ2n) is 11.4. The lowest BCUT2D eigenvalue weighted by molar-refractivity contribution is -0.143. The van der Waals surface area contributed by atoms with E-state index < -0.39 is 18.5 Å². The van der Waals surface area contributed by atoms with Gasteiger partial charge in [0.25, 0.3) is 0 Å². The van der Waals surface area contributed by atoms with Crippen molar-refractivity contribution in [3.8, 4) is 0 Å². The summed E-state index contributed by atoms with van der Waals surface area (Å²) >= 11 is 0. The molecule has 0 aliphatic rings. The first kappa shape index (κ1) is 50.0. The second kappa shape index (κ2) is 39.2. The lowest BCUT2D eigenvalue weighted by Crippen LogP contribution is -2.31. The normalized spacial score (nSPS) is 11.1. The van der Waals surface area contributed by atoms with Crippen molar-refractivity contribution in [1.82, 2.24) is 5.32 Å². The number of anilines is 1. The quantitative estimate of drug-likeness (QED) is 0.0633. The second-order valence-corrected chi connectivity index (χ2v) is 11.4. The van der Waals surface area contributed by atoms with Crippen LogP contribution in [0.4, 0.5) is 5.69 Å². The summed E-state index contributed by atoms with van der Waals surface area (Å²) in [6.07, 6.45) is 2.23. The Morgan fingerprint density at radius 1 is 0.491 bits per heavy atom. The minimum atomic E-state index is -1.13. The summed E-state index contributed by atoms with van der Waals surface area (Å²) < 4.78 is 64.4. The van der Waals surface area contributed by atoms with Gasteiger partial charge in [0.05, 0.1) is 138 Å². The van der Waals surface area contributed by atoms with E-state index in [-0.39, 0.29) is 19.2 Å². The Morgan fingerprint density at radius 2 is 0.873 bits per heavy atom. The number of carboxylic acid groups (broad SMARTS) is 1. The summed E-state index contributed by atoms with van der Waals surface area (Å²) in [6.45, 7) is 11.3. The van der Waals surface area contributed by atoms with Crippen LogP contribution in [0.3, 0.4) is 0 Å². The molecule has 0 aliphatic heterocycles. The molecule has 18 heteroatoms. The number of rotatable bonds is 42. The molecule has 0 saturated carbocycles. The predicted octanol–water partition coefficient (Wildman–Crippen LogP) is 1.44. The Hall–Kier alpha value is -3.01. The van der Waals surface area contributed by atoms with Crippen LogP contribution in [-0.4, -0.2) is 188 Å². The summed E-state index contributed by atoms with van der Waals surface area (Å²) in [6, 6.07) is 7.26. The smallest absolute Gasteiger partial charge is 0.338 e. The van der Waals surface area contributed by atoms with E-state index in [4.69, 9.17) is 57.2 Å². The molecule has 0 spiro atoms. The monoisotopic (exact) mass is 792 g/mol. The molecule has 0 heterocycles. The molecule has 0 saturated heterocycles. The summed E-state index contributed by atoms with van der Waals surface area (Å²) in [7, 11) is 0. The third-order valence-electron chi connectivity index (χ3n) is 6.82. The van der Waals surface area contributed by atoms with Crippen LogP contribution >= 0.6 is 0 Å². The molecule has 0 unspecified atom stereocenters. The van der Waals surface area contributed by atoms with E-state index in [1.165, 1.54) is 0 Å². The van der Waals surface area contributed by atoms with Gasteiger partial charge in [-0.1, -0.05) is 13.3 Å². The van der Waals surface area contributed by atoms with Crippen LogP contribution < -0.4 is 10.6 Å². The summed E-state index contributed by atoms with van der Waals surface area (Å²) in [4.78, 5) is 33.8. The van der Waals surface area contributed by atoms with Gasteiger partial charge in [0.15, 0.2) is 0 Å². The molecule has 1 rings (SSSR count). The largest absolute Gasteiger partial charge is 0.480 e. The van der Waals surface area contributed by atoms with Gasteiger partial charge < -0.3 is 72.6 Å². The van der Waals surface area contributed by atoms with Crippen molar-refractivity contribution in [2.24, 2.45) is 0 Å². The predicted molar refractivity (Wildman–Crippen MR) is 200 cm³/mol. The SMILES string of the molecule is CCCCNc1ccc(C(=O)OCCOCCOCCOCCOCCOCCOCCOCCOCCOCCOCCNC(=O)COCC(=O)O)cc1. The number of carbonyl (C=O) groups is 3. The van der Waals surface area contributed by atoms with Gasteiger partial charge in [0.1, 0.15) is 19.8 Å². The van der Waals surface area contributed by atoms with Gasteiger partial charge in [-0.25, -0.2) is 9.59 Å². The molecular formula is C37H64N2O16. The number of unbranched alkanes of at least 4 members (excludes halogenated alkanes) is 1. The number of benzene rings is 1. The Labute approximate surface area is 324 Å². The Kier molecular flexibility index (Phi) is 35.7. The molecule has 1 aromatic rings. The molecule has 18 nitrogen and oxygen atoms in total. The zero-order valence-electron chi connectivity index (χ0n) is 32.5. The third kappa shape index (κ3) is 35.2. The number of hydrogen-bond acceptors (Lipinski definition) is 16. The molecule has 1 amide bonds. The van der Waals surface area contributed by atoms with Crippen molar-refractivity contribution in [2.45, 2.75) is 19.8 Å². The van der Waals surface area contributed by atoms with Gasteiger partial charge >= 0.3 is 11.9 Å². The molecule has 0 aliphatic carbocycles. The van der Waals surface area contributed by atoms with E-state index in [1.54, 1.807) is 12.1 Å². The maximum atomic E-state index is 12.1. The average molecular weight is 793 g/mol. The standard InChI is InChI=1S/C37H64N2O16/c1-2-3-8-38-34-6-4-33(5-7-34)37(43)55-30-29-53-28-27-52-26-25-51-24-23-50-22-21-49-20-19-48-18-17-47-16-15-46-14-13-45-12-11-44-10-9-39-35(40)31-54-32-36(41)42/h4-7,38H,2-3,8-32H2,1H3,(H,39,40)(H,41,42). The van der Waals surface area contributed by atoms with Crippen molar-refractivity contribution in [1.29, 1.82) is 0 Å². The fraction of sp³-hybridized carbons (Fsp3) is 0.757. The van der Waals surface area contributed by atoms with Crippen LogP contribution in [0.5, 0.6) is 0 Å². The van der Waals surface area contributed by atoms with Crippen molar-refractivity contribution < 1.29 is 76.3 Å². The Morgan fingerprint density at radius 3 is 1.25 bits per heavy atom. The lowest BCUT2D eigenvalue weighted by Gasteiger charge is -2.09. The summed E-state index contributed by atoms with van der Waals surface area (Å²) in [5.74, 6) is -1.90. The van der Waals surface area contributed by atoms with Crippen molar-refractivity contribution in [3.05, 3.63) is 29.8 Å². The molecule has 1 aromatic carbocycles. The highest BCUT2D eigenvalue weighted by atomic mass is 16.6. The summed E-state index contributed by atoms with van der Waals surface area (Å²) in [5, 5.41) is 14.3. The van der Waals surface area contributed by atoms with E-state index in [0.29, 0.717) is 144 Å². The van der Waals surface area contributed by atoms with Gasteiger partial charge in [0, 0.05) is 18.8 Å². The number of hydrogen-bond donors (Lipinski definition) is 3. The molecule has 0 bridgehead atoms. The zero-order valence-corrected chi connectivity index (χ0v) is 32.5. The molecule has 55 heavy (non-hydrogen) atoms. The number of ether oxygens (including phenoxy) is 12. The number of nitrogens with one attached hydrogen (secondary N) is 2. The van der Waals surface area contributed by atoms with Gasteiger partial charge in [-0.2, -0.15) is 0 Å². The van der Waals surface area contributed by atoms with Crippen LogP contribution in [0.15, 0.2) is 24.3 Å². The lowest BCUT2D eigenvalue weighted by atomic mass is 10.2. The minimum absolute atomic E-state index is 0.179. The van der Waals surface area contributed by atoms with Crippen LogP contribution in [0, 0.1) is 0 Å². The minimum Gasteiger partial charge on any atom is -0.480 e. The topological polar surface area (TPSA) is 206 Å². The fourth-order valence-corrected chi connectivity index (χ4v) is 4.04. The van der Waals surface area contributed by atoms with Gasteiger partial charge in [-0.05, 0) is 30.7 Å². The molecule has 0 fully saturated rings. The first-order chi connectivity index (χ1) is 27.0. The first-order valence-corrected chi connectivity index (χ1v) is 18.9. The summed E-state index contributed by atoms with van der Waals surface area (Å²) in [5.41, 5.74) is 1.50. The highest BCUT2D eigenvalue weighted by molar-refractivity contribution is 5.89. The molecule has 0 radical (unpaired) electrons. The van der Waals surface area contributed by atoms with Crippen LogP contribution in [-0.2, 0) is 66.4 Å². The van der Waals surface area contributed by atoms with Crippen molar-refractivity contribution in [3.63, 3.8) is 0 Å². The Balaban J connectivity index is 1.69. The van der Waals surface area contributed by atoms with Crippen LogP contribution in [0.25, 0.3) is 0 Å². The number of carbonyl (C=O) groups excluding carboxylic acids is 2. The maximum Gasteiger partial charge on any atom is 0.338 e. The van der Waals surface area contributed by atoms with Crippen LogP contribution in [0.2, 0.25) is 0 Å². The van der Waals surface area contributed by atoms with E-state index >= 15 is 0 Å². The molecule has 3 N–H and O–H groups in total. The molecular weight excluding hydrogens is 728 g/mol. The molecule has 0 atom stereocenters. The van der Waals surface area contributed by atoms with E-state index in [1.807, 2.05) is 12.1 Å². The fourth-order valence-electron chi connectivity index (χ4n) is 4.04. The highest BCUT2D eigenvalue weighted by Gasteiger charge is 2.07. The molecule has 318 valence electrons. The van der Waals surface area contributed by atoms with E-state index in [2.05, 4.69) is 22.3 Å². The van der Waals surface area contributed by atoms with Gasteiger partial charge in [-0.15, -0.1) is 0 Å². The Bertz CT molecular complexity index is 1040. The van der Waals surface area contributed by atoms with E-state index in [9.17, 15) is 14.4 Å². The zero-order chi connectivity index (χ0) is 39.7. The maximum absolute atomic E-state index is 12.1. The number of esters is 1. The third-order valence-corrected chi connectivity index (χ3v) is 6.82. The van der Waals surface area contributed by atoms with Gasteiger partial charge in [0.2, 0.25) is 5.91 Å². The van der Waals surface area contributed by atoms with Crippen molar-refractivity contribution >= 4 is 23.5 Å². The van der Waals surface area contributed by atoms with Gasteiger partial charge in [-0.3, -0.25) is 4.79 Å². The van der Waals surface area contributed by atoms with E-state index in [0.717, 1.165) is 25.1 Å². The highest BCUT2D eigenvalue weighted by Crippen LogP contribution is 2.11.